The van der Waals surface area contributed by atoms with Gasteiger partial charge in [-0.2, -0.15) is 0 Å². The molecule has 0 unspecified atom stereocenters. The highest BCUT2D eigenvalue weighted by Gasteiger charge is 2.32. The van der Waals surface area contributed by atoms with Gasteiger partial charge in [-0.1, -0.05) is 42.5 Å². The number of ether oxygens (including phenoxy) is 2. The number of nitrogens with one attached hydrogen (secondary N) is 1. The Morgan fingerprint density at radius 2 is 1.73 bits per heavy atom. The zero-order valence-electron chi connectivity index (χ0n) is 14.8. The van der Waals surface area contributed by atoms with Gasteiger partial charge in [0, 0.05) is 12.3 Å². The first-order chi connectivity index (χ1) is 12.7. The molecule has 1 amide bonds. The molecule has 0 aliphatic heterocycles. The standard InChI is InChI=1S/C21H23NO4/c1-25-21(24)19(22-20(23)17-9-10-17)13-15-7-11-18(12-8-15)26-14-16-5-3-2-4-6-16/h2-8,11-12,17,19H,9-10,13-14H2,1H3,(H,22,23)/t19-/m1/s1. The van der Waals surface area contributed by atoms with E-state index in [-0.39, 0.29) is 11.8 Å². The van der Waals surface area contributed by atoms with Gasteiger partial charge in [0.15, 0.2) is 0 Å². The normalized spacial score (nSPS) is 14.3. The van der Waals surface area contributed by atoms with E-state index in [9.17, 15) is 9.59 Å². The average molecular weight is 353 g/mol. The molecule has 0 saturated heterocycles. The fourth-order valence-corrected chi connectivity index (χ4v) is 2.67. The molecule has 1 aliphatic carbocycles. The topological polar surface area (TPSA) is 64.6 Å². The number of amides is 1. The van der Waals surface area contributed by atoms with Crippen LogP contribution in [0.15, 0.2) is 54.6 Å². The number of carbonyl (C=O) groups is 2. The van der Waals surface area contributed by atoms with Gasteiger partial charge in [0.2, 0.25) is 5.91 Å². The van der Waals surface area contributed by atoms with E-state index < -0.39 is 12.0 Å². The molecule has 2 aromatic rings. The van der Waals surface area contributed by atoms with Gasteiger partial charge in [0.25, 0.3) is 0 Å². The minimum atomic E-state index is -0.663. The molecule has 1 atom stereocenters. The zero-order chi connectivity index (χ0) is 18.4. The largest absolute Gasteiger partial charge is 0.489 e. The van der Waals surface area contributed by atoms with E-state index in [1.807, 2.05) is 54.6 Å². The molecule has 3 rings (SSSR count). The van der Waals surface area contributed by atoms with Crippen molar-refractivity contribution in [3.63, 3.8) is 0 Å². The molecule has 0 bridgehead atoms. The molecule has 0 aromatic heterocycles. The maximum Gasteiger partial charge on any atom is 0.328 e. The third-order valence-corrected chi connectivity index (χ3v) is 4.36. The summed E-state index contributed by atoms with van der Waals surface area (Å²) in [6, 6.07) is 16.8. The lowest BCUT2D eigenvalue weighted by Gasteiger charge is -2.17. The lowest BCUT2D eigenvalue weighted by Crippen LogP contribution is -2.43. The van der Waals surface area contributed by atoms with Gasteiger partial charge in [0.1, 0.15) is 18.4 Å². The van der Waals surface area contributed by atoms with Gasteiger partial charge in [0.05, 0.1) is 7.11 Å². The van der Waals surface area contributed by atoms with Crippen molar-refractivity contribution in [3.8, 4) is 5.75 Å². The monoisotopic (exact) mass is 353 g/mol. The first kappa shape index (κ1) is 18.0. The Hall–Kier alpha value is -2.82. The second kappa shape index (κ2) is 8.52. The molecular weight excluding hydrogens is 330 g/mol. The van der Waals surface area contributed by atoms with Crippen molar-refractivity contribution in [3.05, 3.63) is 65.7 Å². The van der Waals surface area contributed by atoms with Crippen molar-refractivity contribution in [1.82, 2.24) is 5.32 Å². The van der Waals surface area contributed by atoms with Gasteiger partial charge >= 0.3 is 5.97 Å². The highest BCUT2D eigenvalue weighted by Crippen LogP contribution is 2.29. The van der Waals surface area contributed by atoms with Gasteiger partial charge in [-0.3, -0.25) is 4.79 Å². The lowest BCUT2D eigenvalue weighted by atomic mass is 10.1. The van der Waals surface area contributed by atoms with Crippen LogP contribution >= 0.6 is 0 Å². The summed E-state index contributed by atoms with van der Waals surface area (Å²) in [5.41, 5.74) is 2.04. The van der Waals surface area contributed by atoms with Crippen LogP contribution < -0.4 is 10.1 Å². The van der Waals surface area contributed by atoms with Crippen LogP contribution in [0.4, 0.5) is 0 Å². The summed E-state index contributed by atoms with van der Waals surface area (Å²) < 4.78 is 10.6. The second-order valence-corrected chi connectivity index (χ2v) is 6.48. The number of rotatable bonds is 8. The third-order valence-electron chi connectivity index (χ3n) is 4.36. The highest BCUT2D eigenvalue weighted by atomic mass is 16.5. The van der Waals surface area contributed by atoms with Gasteiger partial charge in [-0.05, 0) is 36.1 Å². The van der Waals surface area contributed by atoms with Crippen LogP contribution in [0.1, 0.15) is 24.0 Å². The minimum Gasteiger partial charge on any atom is -0.489 e. The molecule has 1 N–H and O–H groups in total. The molecule has 1 aliphatic rings. The third kappa shape index (κ3) is 5.09. The molecular formula is C21H23NO4. The Kier molecular flexibility index (Phi) is 5.89. The van der Waals surface area contributed by atoms with Crippen LogP contribution in [0, 0.1) is 5.92 Å². The first-order valence-corrected chi connectivity index (χ1v) is 8.79. The van der Waals surface area contributed by atoms with Crippen molar-refractivity contribution in [1.29, 1.82) is 0 Å². The molecule has 136 valence electrons. The smallest absolute Gasteiger partial charge is 0.328 e. The van der Waals surface area contributed by atoms with Crippen molar-refractivity contribution in [2.45, 2.75) is 31.9 Å². The molecule has 0 radical (unpaired) electrons. The summed E-state index contributed by atoms with van der Waals surface area (Å²) in [5, 5.41) is 2.79. The maximum absolute atomic E-state index is 12.0. The van der Waals surface area contributed by atoms with Crippen LogP contribution in [0.2, 0.25) is 0 Å². The Balaban J connectivity index is 1.57. The van der Waals surface area contributed by atoms with E-state index in [1.54, 1.807) is 0 Å². The van der Waals surface area contributed by atoms with Crippen molar-refractivity contribution in [2.24, 2.45) is 5.92 Å². The molecule has 1 saturated carbocycles. The van der Waals surface area contributed by atoms with Crippen molar-refractivity contribution >= 4 is 11.9 Å². The molecule has 2 aromatic carbocycles. The predicted molar refractivity (Wildman–Crippen MR) is 97.6 cm³/mol. The summed E-state index contributed by atoms with van der Waals surface area (Å²) in [6.45, 7) is 0.502. The predicted octanol–water partition coefficient (Wildman–Crippen LogP) is 2.88. The van der Waals surface area contributed by atoms with Gasteiger partial charge in [-0.25, -0.2) is 4.79 Å². The average Bonchev–Trinajstić information content (AvgIpc) is 3.52. The van der Waals surface area contributed by atoms with Crippen LogP contribution in [0.25, 0.3) is 0 Å². The second-order valence-electron chi connectivity index (χ2n) is 6.48. The number of benzene rings is 2. The Labute approximate surface area is 153 Å². The first-order valence-electron chi connectivity index (χ1n) is 8.79. The summed E-state index contributed by atoms with van der Waals surface area (Å²) in [6.07, 6.45) is 2.18. The van der Waals surface area contributed by atoms with E-state index >= 15 is 0 Å². The van der Waals surface area contributed by atoms with E-state index in [1.165, 1.54) is 7.11 Å². The Morgan fingerprint density at radius 1 is 1.04 bits per heavy atom. The van der Waals surface area contributed by atoms with Crippen LogP contribution in [0.5, 0.6) is 5.75 Å². The summed E-state index contributed by atoms with van der Waals surface area (Å²) >= 11 is 0. The van der Waals surface area contributed by atoms with Gasteiger partial charge in [-0.15, -0.1) is 0 Å². The maximum atomic E-state index is 12.0. The van der Waals surface area contributed by atoms with E-state index in [0.29, 0.717) is 13.0 Å². The molecule has 5 heteroatoms. The molecule has 5 nitrogen and oxygen atoms in total. The van der Waals surface area contributed by atoms with E-state index in [0.717, 1.165) is 29.7 Å². The number of hydrogen-bond acceptors (Lipinski definition) is 4. The summed E-state index contributed by atoms with van der Waals surface area (Å²) in [5.74, 6) is 0.316. The fraction of sp³-hybridized carbons (Fsp3) is 0.333. The van der Waals surface area contributed by atoms with Crippen molar-refractivity contribution in [2.75, 3.05) is 7.11 Å². The Morgan fingerprint density at radius 3 is 2.35 bits per heavy atom. The highest BCUT2D eigenvalue weighted by molar-refractivity contribution is 5.87. The van der Waals surface area contributed by atoms with Gasteiger partial charge < -0.3 is 14.8 Å². The van der Waals surface area contributed by atoms with Crippen LogP contribution in [0.3, 0.4) is 0 Å². The molecule has 0 heterocycles. The molecule has 1 fully saturated rings. The van der Waals surface area contributed by atoms with E-state index in [4.69, 9.17) is 9.47 Å². The Bertz CT molecular complexity index is 738. The number of carbonyl (C=O) groups excluding carboxylic acids is 2. The lowest BCUT2D eigenvalue weighted by molar-refractivity contribution is -0.145. The quantitative estimate of drug-likeness (QED) is 0.741. The van der Waals surface area contributed by atoms with Crippen LogP contribution in [-0.4, -0.2) is 25.0 Å². The number of methoxy groups -OCH3 is 1. The summed E-state index contributed by atoms with van der Waals surface area (Å²) in [7, 11) is 1.33. The van der Waals surface area contributed by atoms with E-state index in [2.05, 4.69) is 5.32 Å². The zero-order valence-corrected chi connectivity index (χ0v) is 14.8. The number of hydrogen-bond donors (Lipinski definition) is 1. The van der Waals surface area contributed by atoms with Crippen LogP contribution in [-0.2, 0) is 27.4 Å². The minimum absolute atomic E-state index is 0.0518. The van der Waals surface area contributed by atoms with Crippen molar-refractivity contribution < 1.29 is 19.1 Å². The number of esters is 1. The molecule has 26 heavy (non-hydrogen) atoms. The SMILES string of the molecule is COC(=O)[C@@H](Cc1ccc(OCc2ccccc2)cc1)NC(=O)C1CC1. The fourth-order valence-electron chi connectivity index (χ4n) is 2.67. The molecule has 0 spiro atoms. The summed E-state index contributed by atoms with van der Waals surface area (Å²) in [4.78, 5) is 23.9.